The van der Waals surface area contributed by atoms with Gasteiger partial charge in [-0.25, -0.2) is 4.98 Å². The first-order chi connectivity index (χ1) is 9.70. The Morgan fingerprint density at radius 2 is 1.85 bits per heavy atom. The predicted molar refractivity (Wildman–Crippen MR) is 80.4 cm³/mol. The molecule has 2 aromatic heterocycles. The largest absolute Gasteiger partial charge is 0.486 e. The Bertz CT molecular complexity index is 769. The van der Waals surface area contributed by atoms with Crippen molar-refractivity contribution in [2.24, 2.45) is 0 Å². The van der Waals surface area contributed by atoms with Gasteiger partial charge in [-0.1, -0.05) is 23.2 Å². The number of nitrogens with one attached hydrogen (secondary N) is 1. The summed E-state index contributed by atoms with van der Waals surface area (Å²) in [6.45, 7) is 1.12. The minimum Gasteiger partial charge on any atom is -0.486 e. The summed E-state index contributed by atoms with van der Waals surface area (Å²) in [5.41, 5.74) is 2.49. The molecule has 0 saturated carbocycles. The summed E-state index contributed by atoms with van der Waals surface area (Å²) in [4.78, 5) is 7.77. The molecule has 0 radical (unpaired) electrons. The van der Waals surface area contributed by atoms with Gasteiger partial charge in [0.05, 0.1) is 15.4 Å². The van der Waals surface area contributed by atoms with Gasteiger partial charge in [0.2, 0.25) is 0 Å². The molecule has 3 aromatic rings. The van der Waals surface area contributed by atoms with Crippen molar-refractivity contribution in [3.63, 3.8) is 0 Å². The van der Waals surface area contributed by atoms with Crippen molar-refractivity contribution >= 4 is 45.6 Å². The molecule has 3 heterocycles. The number of hydrogen-bond acceptors (Lipinski definition) is 4. The van der Waals surface area contributed by atoms with Crippen molar-refractivity contribution in [2.75, 3.05) is 13.2 Å². The fraction of sp³-hybridized carbons (Fsp3) is 0.154. The van der Waals surface area contributed by atoms with Gasteiger partial charge in [-0.3, -0.25) is 0 Å². The van der Waals surface area contributed by atoms with Crippen LogP contribution in [0.25, 0.3) is 22.4 Å². The van der Waals surface area contributed by atoms with E-state index in [1.165, 1.54) is 11.3 Å². The van der Waals surface area contributed by atoms with Crippen LogP contribution in [0.4, 0.5) is 0 Å². The van der Waals surface area contributed by atoms with Gasteiger partial charge in [-0.15, -0.1) is 11.3 Å². The van der Waals surface area contributed by atoms with E-state index in [1.54, 1.807) is 6.07 Å². The normalized spacial score (nSPS) is 13.9. The number of fused-ring (bicyclic) bond motifs is 2. The van der Waals surface area contributed by atoms with Gasteiger partial charge in [0.1, 0.15) is 23.4 Å². The number of H-pyrrole nitrogens is 1. The highest BCUT2D eigenvalue weighted by Crippen LogP contribution is 2.39. The molecule has 0 aliphatic carbocycles. The molecule has 1 aliphatic rings. The molecule has 0 atom stereocenters. The molecule has 1 N–H and O–H groups in total. The molecule has 1 aliphatic heterocycles. The number of nitrogens with zero attached hydrogens (tertiary/aromatic N) is 1. The van der Waals surface area contributed by atoms with Crippen molar-refractivity contribution in [1.29, 1.82) is 0 Å². The third-order valence-corrected chi connectivity index (χ3v) is 4.55. The van der Waals surface area contributed by atoms with Crippen LogP contribution in [0, 0.1) is 0 Å². The smallest absolute Gasteiger partial charge is 0.163 e. The first-order valence-corrected chi connectivity index (χ1v) is 7.52. The highest BCUT2D eigenvalue weighted by molar-refractivity contribution is 7.20. The van der Waals surface area contributed by atoms with Gasteiger partial charge >= 0.3 is 0 Å². The van der Waals surface area contributed by atoms with Crippen LogP contribution in [0.3, 0.4) is 0 Å². The van der Waals surface area contributed by atoms with Crippen LogP contribution in [-0.4, -0.2) is 23.2 Å². The van der Waals surface area contributed by atoms with Gasteiger partial charge in [0.15, 0.2) is 11.5 Å². The summed E-state index contributed by atoms with van der Waals surface area (Å²) in [6.07, 6.45) is 0. The summed E-state index contributed by atoms with van der Waals surface area (Å²) in [5, 5.41) is 0. The van der Waals surface area contributed by atoms with E-state index in [2.05, 4.69) is 9.97 Å². The number of rotatable bonds is 1. The molecule has 0 spiro atoms. The zero-order chi connectivity index (χ0) is 13.7. The van der Waals surface area contributed by atoms with Crippen molar-refractivity contribution in [2.45, 2.75) is 0 Å². The monoisotopic (exact) mass is 326 g/mol. The maximum atomic E-state index is 6.16. The molecule has 1 aromatic carbocycles. The van der Waals surface area contributed by atoms with Crippen LogP contribution in [0.5, 0.6) is 11.5 Å². The molecule has 7 heteroatoms. The lowest BCUT2D eigenvalue weighted by Gasteiger charge is -2.17. The Morgan fingerprint density at radius 3 is 2.55 bits per heavy atom. The van der Waals surface area contributed by atoms with Gasteiger partial charge in [-0.05, 0) is 6.07 Å². The first kappa shape index (κ1) is 12.3. The minimum absolute atomic E-state index is 0.557. The van der Waals surface area contributed by atoms with Gasteiger partial charge < -0.3 is 14.5 Å². The molecule has 0 unspecified atom stereocenters. The molecule has 20 heavy (non-hydrogen) atoms. The van der Waals surface area contributed by atoms with E-state index in [0.29, 0.717) is 27.7 Å². The average molecular weight is 327 g/mol. The number of hydrogen-bond donors (Lipinski definition) is 1. The Morgan fingerprint density at radius 1 is 1.10 bits per heavy atom. The molecular weight excluding hydrogens is 319 g/mol. The zero-order valence-electron chi connectivity index (χ0n) is 10.1. The predicted octanol–water partition coefficient (Wildman–Crippen LogP) is 4.37. The van der Waals surface area contributed by atoms with Crippen LogP contribution < -0.4 is 9.47 Å². The molecule has 0 fully saturated rings. The third-order valence-electron chi connectivity index (χ3n) is 3.06. The Hall–Kier alpha value is -1.43. The summed E-state index contributed by atoms with van der Waals surface area (Å²) >= 11 is 13.5. The van der Waals surface area contributed by atoms with Crippen molar-refractivity contribution < 1.29 is 9.47 Å². The van der Waals surface area contributed by atoms with Crippen LogP contribution in [0.2, 0.25) is 8.67 Å². The quantitative estimate of drug-likeness (QED) is 0.722. The number of ether oxygens (including phenoxy) is 2. The lowest BCUT2D eigenvalue weighted by molar-refractivity contribution is 0.172. The van der Waals surface area contributed by atoms with Crippen LogP contribution >= 0.6 is 34.5 Å². The zero-order valence-corrected chi connectivity index (χ0v) is 12.4. The maximum absolute atomic E-state index is 6.16. The van der Waals surface area contributed by atoms with Crippen molar-refractivity contribution in [1.82, 2.24) is 9.97 Å². The van der Waals surface area contributed by atoms with Crippen molar-refractivity contribution in [3.8, 4) is 22.9 Å². The Kier molecular flexibility index (Phi) is 2.80. The van der Waals surface area contributed by atoms with Gasteiger partial charge in [0.25, 0.3) is 0 Å². The lowest BCUT2D eigenvalue weighted by Crippen LogP contribution is -2.15. The first-order valence-electron chi connectivity index (χ1n) is 5.95. The Balaban J connectivity index is 1.88. The van der Waals surface area contributed by atoms with Crippen LogP contribution in [0.15, 0.2) is 18.2 Å². The van der Waals surface area contributed by atoms with E-state index in [0.717, 1.165) is 28.1 Å². The summed E-state index contributed by atoms with van der Waals surface area (Å²) in [6, 6.07) is 5.56. The number of benzene rings is 1. The molecule has 4 rings (SSSR count). The lowest BCUT2D eigenvalue weighted by atomic mass is 10.2. The topological polar surface area (TPSA) is 47.1 Å². The second-order valence-electron chi connectivity index (χ2n) is 4.34. The molecule has 0 bridgehead atoms. The summed E-state index contributed by atoms with van der Waals surface area (Å²) in [7, 11) is 0. The standard InChI is InChI=1S/C13H8Cl2N2O2S/c14-11-3-6(12(15)20-11)13-16-7-4-9-10(5-8(7)17-13)19-2-1-18-9/h3-5H,1-2H2,(H,16,17). The van der Waals surface area contributed by atoms with E-state index in [9.17, 15) is 0 Å². The maximum Gasteiger partial charge on any atom is 0.163 e. The fourth-order valence-corrected chi connectivity index (χ4v) is 3.64. The van der Waals surface area contributed by atoms with Crippen LogP contribution in [0.1, 0.15) is 0 Å². The molecular formula is C13H8Cl2N2O2S. The number of halogens is 2. The summed E-state index contributed by atoms with van der Waals surface area (Å²) < 4.78 is 12.4. The molecule has 102 valence electrons. The summed E-state index contributed by atoms with van der Waals surface area (Å²) in [5.74, 6) is 2.14. The minimum atomic E-state index is 0.557. The fourth-order valence-electron chi connectivity index (χ4n) is 2.18. The highest BCUT2D eigenvalue weighted by atomic mass is 35.5. The van der Waals surface area contributed by atoms with Gasteiger partial charge in [0, 0.05) is 17.7 Å². The van der Waals surface area contributed by atoms with E-state index < -0.39 is 0 Å². The number of imidazole rings is 1. The third kappa shape index (κ3) is 1.93. The number of aromatic nitrogens is 2. The second kappa shape index (κ2) is 4.55. The van der Waals surface area contributed by atoms with Gasteiger partial charge in [-0.2, -0.15) is 0 Å². The van der Waals surface area contributed by atoms with E-state index in [1.807, 2.05) is 12.1 Å². The second-order valence-corrected chi connectivity index (χ2v) is 6.62. The van der Waals surface area contributed by atoms with E-state index in [4.69, 9.17) is 32.7 Å². The molecule has 0 saturated heterocycles. The van der Waals surface area contributed by atoms with E-state index >= 15 is 0 Å². The average Bonchev–Trinajstić information content (AvgIpc) is 2.98. The Labute approximate surface area is 128 Å². The van der Waals surface area contributed by atoms with E-state index in [-0.39, 0.29) is 0 Å². The molecule has 0 amide bonds. The number of aromatic amines is 1. The SMILES string of the molecule is Clc1cc(-c2nc3cc4c(cc3[nH]2)OCCO4)c(Cl)s1. The molecule has 4 nitrogen and oxygen atoms in total. The number of thiophene rings is 1. The van der Waals surface area contributed by atoms with Crippen molar-refractivity contribution in [3.05, 3.63) is 26.9 Å². The van der Waals surface area contributed by atoms with Crippen LogP contribution in [-0.2, 0) is 0 Å². The highest BCUT2D eigenvalue weighted by Gasteiger charge is 2.17.